The highest BCUT2D eigenvalue weighted by molar-refractivity contribution is 6.04. The summed E-state index contributed by atoms with van der Waals surface area (Å²) in [5, 5.41) is 9.79. The Labute approximate surface area is 145 Å². The molecular formula is C19H18N4O2. The maximum absolute atomic E-state index is 12.4. The number of hydrogen-bond acceptors (Lipinski definition) is 3. The molecule has 2 aromatic carbocycles. The molecule has 1 aromatic heterocycles. The van der Waals surface area contributed by atoms with Gasteiger partial charge in [-0.05, 0) is 29.8 Å². The number of amides is 2. The SMILES string of the molecule is CC(=O)Nc1ccc(C(=O)Nc2ccnn2Cc2ccccc2)cc1. The predicted molar refractivity (Wildman–Crippen MR) is 96.5 cm³/mol. The molecule has 6 heteroatoms. The Balaban J connectivity index is 1.69. The number of rotatable bonds is 5. The second-order valence-electron chi connectivity index (χ2n) is 5.57. The largest absolute Gasteiger partial charge is 0.326 e. The zero-order valence-corrected chi connectivity index (χ0v) is 13.8. The van der Waals surface area contributed by atoms with Crippen molar-refractivity contribution >= 4 is 23.3 Å². The van der Waals surface area contributed by atoms with E-state index in [1.807, 2.05) is 30.3 Å². The molecule has 3 aromatic rings. The topological polar surface area (TPSA) is 76.0 Å². The fourth-order valence-corrected chi connectivity index (χ4v) is 2.42. The summed E-state index contributed by atoms with van der Waals surface area (Å²) < 4.78 is 1.74. The van der Waals surface area contributed by atoms with Crippen LogP contribution in [0.25, 0.3) is 0 Å². The first-order valence-corrected chi connectivity index (χ1v) is 7.86. The third-order valence-electron chi connectivity index (χ3n) is 3.60. The number of benzene rings is 2. The molecule has 2 N–H and O–H groups in total. The predicted octanol–water partition coefficient (Wildman–Crippen LogP) is 3.14. The van der Waals surface area contributed by atoms with Crippen LogP contribution in [-0.2, 0) is 11.3 Å². The monoisotopic (exact) mass is 334 g/mol. The van der Waals surface area contributed by atoms with Crippen LogP contribution in [0.3, 0.4) is 0 Å². The Morgan fingerprint density at radius 3 is 2.36 bits per heavy atom. The van der Waals surface area contributed by atoms with Gasteiger partial charge in [0.15, 0.2) is 0 Å². The number of carbonyl (C=O) groups excluding carboxylic acids is 2. The van der Waals surface area contributed by atoms with Crippen LogP contribution >= 0.6 is 0 Å². The molecule has 0 aliphatic rings. The van der Waals surface area contributed by atoms with Gasteiger partial charge in [0.2, 0.25) is 5.91 Å². The zero-order chi connectivity index (χ0) is 17.6. The molecule has 0 atom stereocenters. The first-order chi connectivity index (χ1) is 12.1. The van der Waals surface area contributed by atoms with Crippen LogP contribution in [0.1, 0.15) is 22.8 Å². The lowest BCUT2D eigenvalue weighted by atomic mass is 10.2. The Hall–Kier alpha value is -3.41. The first kappa shape index (κ1) is 16.4. The molecule has 0 aliphatic carbocycles. The molecule has 0 spiro atoms. The smallest absolute Gasteiger partial charge is 0.256 e. The molecule has 6 nitrogen and oxygen atoms in total. The maximum atomic E-state index is 12.4. The van der Waals surface area contributed by atoms with Crippen LogP contribution in [-0.4, -0.2) is 21.6 Å². The van der Waals surface area contributed by atoms with Gasteiger partial charge in [-0.1, -0.05) is 30.3 Å². The molecule has 25 heavy (non-hydrogen) atoms. The number of carbonyl (C=O) groups is 2. The molecule has 0 saturated carbocycles. The van der Waals surface area contributed by atoms with E-state index < -0.39 is 0 Å². The third-order valence-corrected chi connectivity index (χ3v) is 3.60. The van der Waals surface area contributed by atoms with Gasteiger partial charge in [0.05, 0.1) is 12.7 Å². The molecule has 3 rings (SSSR count). The Morgan fingerprint density at radius 2 is 1.68 bits per heavy atom. The Kier molecular flexibility index (Phi) is 4.89. The molecule has 0 bridgehead atoms. The minimum Gasteiger partial charge on any atom is -0.326 e. The lowest BCUT2D eigenvalue weighted by Crippen LogP contribution is -2.16. The lowest BCUT2D eigenvalue weighted by Gasteiger charge is -2.10. The van der Waals surface area contributed by atoms with Crippen molar-refractivity contribution < 1.29 is 9.59 Å². The van der Waals surface area contributed by atoms with Crippen molar-refractivity contribution in [2.45, 2.75) is 13.5 Å². The van der Waals surface area contributed by atoms with Crippen LogP contribution < -0.4 is 10.6 Å². The normalized spacial score (nSPS) is 10.3. The quantitative estimate of drug-likeness (QED) is 0.752. The minimum absolute atomic E-state index is 0.151. The molecule has 0 fully saturated rings. The maximum Gasteiger partial charge on any atom is 0.256 e. The van der Waals surface area contributed by atoms with E-state index >= 15 is 0 Å². The molecule has 2 amide bonds. The van der Waals surface area contributed by atoms with Crippen molar-refractivity contribution in [2.24, 2.45) is 0 Å². The van der Waals surface area contributed by atoms with Gasteiger partial charge in [-0.3, -0.25) is 9.59 Å². The van der Waals surface area contributed by atoms with Gasteiger partial charge >= 0.3 is 0 Å². The van der Waals surface area contributed by atoms with E-state index in [0.717, 1.165) is 5.56 Å². The van der Waals surface area contributed by atoms with Gasteiger partial charge < -0.3 is 10.6 Å². The summed E-state index contributed by atoms with van der Waals surface area (Å²) in [5.74, 6) is 0.242. The summed E-state index contributed by atoms with van der Waals surface area (Å²) in [7, 11) is 0. The third kappa shape index (κ3) is 4.32. The van der Waals surface area contributed by atoms with Crippen molar-refractivity contribution in [1.29, 1.82) is 0 Å². The fourth-order valence-electron chi connectivity index (χ4n) is 2.42. The second kappa shape index (κ2) is 7.44. The number of aromatic nitrogens is 2. The van der Waals surface area contributed by atoms with Gasteiger partial charge in [-0.2, -0.15) is 5.10 Å². The summed E-state index contributed by atoms with van der Waals surface area (Å²) in [6.45, 7) is 2.01. The highest BCUT2D eigenvalue weighted by Crippen LogP contribution is 2.14. The van der Waals surface area contributed by atoms with E-state index in [0.29, 0.717) is 23.6 Å². The van der Waals surface area contributed by atoms with E-state index in [2.05, 4.69) is 15.7 Å². The van der Waals surface area contributed by atoms with E-state index in [9.17, 15) is 9.59 Å². The molecule has 126 valence electrons. The summed E-state index contributed by atoms with van der Waals surface area (Å²) in [4.78, 5) is 23.4. The van der Waals surface area contributed by atoms with Gasteiger partial charge in [0, 0.05) is 24.2 Å². The summed E-state index contributed by atoms with van der Waals surface area (Å²) in [5.41, 5.74) is 2.25. The van der Waals surface area contributed by atoms with Crippen molar-refractivity contribution in [3.63, 3.8) is 0 Å². The van der Waals surface area contributed by atoms with E-state index in [-0.39, 0.29) is 11.8 Å². The lowest BCUT2D eigenvalue weighted by molar-refractivity contribution is -0.114. The van der Waals surface area contributed by atoms with Crippen molar-refractivity contribution in [2.75, 3.05) is 10.6 Å². The van der Waals surface area contributed by atoms with Gasteiger partial charge in [0.25, 0.3) is 5.91 Å². The summed E-state index contributed by atoms with van der Waals surface area (Å²) in [6.07, 6.45) is 1.65. The number of nitrogens with zero attached hydrogens (tertiary/aromatic N) is 2. The molecule has 0 saturated heterocycles. The van der Waals surface area contributed by atoms with Crippen molar-refractivity contribution in [1.82, 2.24) is 9.78 Å². The number of nitrogens with one attached hydrogen (secondary N) is 2. The van der Waals surface area contributed by atoms with E-state index in [1.165, 1.54) is 6.92 Å². The number of hydrogen-bond donors (Lipinski definition) is 2. The second-order valence-corrected chi connectivity index (χ2v) is 5.57. The average molecular weight is 334 g/mol. The molecule has 0 radical (unpaired) electrons. The Morgan fingerprint density at radius 1 is 0.960 bits per heavy atom. The summed E-state index contributed by atoms with van der Waals surface area (Å²) >= 11 is 0. The highest BCUT2D eigenvalue weighted by Gasteiger charge is 2.10. The van der Waals surface area contributed by atoms with Gasteiger partial charge in [-0.15, -0.1) is 0 Å². The van der Waals surface area contributed by atoms with Crippen LogP contribution in [0, 0.1) is 0 Å². The van der Waals surface area contributed by atoms with Crippen LogP contribution in [0.5, 0.6) is 0 Å². The molecular weight excluding hydrogens is 316 g/mol. The minimum atomic E-state index is -0.232. The molecule has 0 aliphatic heterocycles. The standard InChI is InChI=1S/C19H18N4O2/c1-14(24)21-17-9-7-16(8-10-17)19(25)22-18-11-12-20-23(18)13-15-5-3-2-4-6-15/h2-12H,13H2,1H3,(H,21,24)(H,22,25). The van der Waals surface area contributed by atoms with Crippen molar-refractivity contribution in [3.05, 3.63) is 78.0 Å². The van der Waals surface area contributed by atoms with Crippen LogP contribution in [0.15, 0.2) is 66.9 Å². The first-order valence-electron chi connectivity index (χ1n) is 7.86. The van der Waals surface area contributed by atoms with E-state index in [4.69, 9.17) is 0 Å². The van der Waals surface area contributed by atoms with Crippen LogP contribution in [0.2, 0.25) is 0 Å². The molecule has 1 heterocycles. The average Bonchev–Trinajstić information content (AvgIpc) is 3.02. The van der Waals surface area contributed by atoms with Crippen LogP contribution in [0.4, 0.5) is 11.5 Å². The summed E-state index contributed by atoms with van der Waals surface area (Å²) in [6, 6.07) is 18.4. The number of anilines is 2. The van der Waals surface area contributed by atoms with Crippen molar-refractivity contribution in [3.8, 4) is 0 Å². The van der Waals surface area contributed by atoms with Gasteiger partial charge in [-0.25, -0.2) is 4.68 Å². The fraction of sp³-hybridized carbons (Fsp3) is 0.105. The Bertz CT molecular complexity index is 870. The molecule has 0 unspecified atom stereocenters. The van der Waals surface area contributed by atoms with E-state index in [1.54, 1.807) is 41.2 Å². The highest BCUT2D eigenvalue weighted by atomic mass is 16.2. The van der Waals surface area contributed by atoms with Gasteiger partial charge in [0.1, 0.15) is 5.82 Å². The zero-order valence-electron chi connectivity index (χ0n) is 13.8.